The Morgan fingerprint density at radius 1 is 1.00 bits per heavy atom. The molecule has 3 aromatic rings. The Labute approximate surface area is 205 Å². The number of fused-ring (bicyclic) bond motifs is 1. The zero-order valence-electron chi connectivity index (χ0n) is 19.9. The Morgan fingerprint density at radius 2 is 1.66 bits per heavy atom. The molecular formula is C27H26F3NO3S. The molecule has 0 fully saturated rings. The van der Waals surface area contributed by atoms with E-state index in [0.29, 0.717) is 18.0 Å². The number of alkyl halides is 3. The van der Waals surface area contributed by atoms with Crippen LogP contribution in [0.5, 0.6) is 5.75 Å². The third kappa shape index (κ3) is 5.12. The van der Waals surface area contributed by atoms with Crippen molar-refractivity contribution in [2.24, 2.45) is 0 Å². The number of ether oxygens (including phenoxy) is 1. The van der Waals surface area contributed by atoms with Gasteiger partial charge in [0.15, 0.2) is 6.10 Å². The normalized spacial score (nSPS) is 15.0. The van der Waals surface area contributed by atoms with Crippen molar-refractivity contribution in [3.05, 3.63) is 82.4 Å². The molecule has 184 valence electrons. The van der Waals surface area contributed by atoms with Gasteiger partial charge in [-0.3, -0.25) is 9.00 Å². The maximum absolute atomic E-state index is 13.5. The zero-order valence-corrected chi connectivity index (χ0v) is 20.7. The van der Waals surface area contributed by atoms with E-state index >= 15 is 0 Å². The summed E-state index contributed by atoms with van der Waals surface area (Å²) < 4.78 is 56.5. The van der Waals surface area contributed by atoms with Crippen LogP contribution < -0.4 is 4.74 Å². The Bertz CT molecular complexity index is 1300. The minimum Gasteiger partial charge on any atom is -0.480 e. The maximum Gasteiger partial charge on any atom is 0.425 e. The van der Waals surface area contributed by atoms with Gasteiger partial charge in [-0.15, -0.1) is 0 Å². The number of halogens is 3. The van der Waals surface area contributed by atoms with Gasteiger partial charge >= 0.3 is 6.18 Å². The van der Waals surface area contributed by atoms with Crippen LogP contribution in [0.3, 0.4) is 0 Å². The molecule has 0 N–H and O–H groups in total. The van der Waals surface area contributed by atoms with Gasteiger partial charge in [0, 0.05) is 35.0 Å². The van der Waals surface area contributed by atoms with Gasteiger partial charge in [0.2, 0.25) is 0 Å². The molecule has 35 heavy (non-hydrogen) atoms. The van der Waals surface area contributed by atoms with Gasteiger partial charge in [-0.25, -0.2) is 0 Å². The fourth-order valence-electron chi connectivity index (χ4n) is 4.35. The number of carbonyl (C=O) groups is 1. The number of benzene rings is 3. The summed E-state index contributed by atoms with van der Waals surface area (Å²) in [5.41, 5.74) is 6.45. The first-order valence-electron chi connectivity index (χ1n) is 11.1. The molecule has 1 heterocycles. The average Bonchev–Trinajstić information content (AvgIpc) is 3.21. The second-order valence-corrected chi connectivity index (χ2v) is 10.2. The summed E-state index contributed by atoms with van der Waals surface area (Å²) in [4.78, 5) is 15.4. The minimum atomic E-state index is -4.58. The quantitative estimate of drug-likeness (QED) is 0.419. The SMILES string of the molecule is Cc1cccc(C)c1-c1ccc2c(c1)CN(C(=O)c1cc(S(C)=O)ccc1OC(C)C(F)(F)F)C2. The first-order valence-corrected chi connectivity index (χ1v) is 12.7. The van der Waals surface area contributed by atoms with Gasteiger partial charge in [-0.1, -0.05) is 30.3 Å². The fraction of sp³-hybridized carbons (Fsp3) is 0.296. The van der Waals surface area contributed by atoms with Crippen molar-refractivity contribution in [3.8, 4) is 16.9 Å². The van der Waals surface area contributed by atoms with Crippen molar-refractivity contribution in [1.29, 1.82) is 0 Å². The molecular weight excluding hydrogens is 475 g/mol. The van der Waals surface area contributed by atoms with E-state index in [9.17, 15) is 22.2 Å². The molecule has 1 amide bonds. The van der Waals surface area contributed by atoms with E-state index in [1.807, 2.05) is 18.2 Å². The molecule has 3 aromatic carbocycles. The lowest BCUT2D eigenvalue weighted by atomic mass is 9.94. The number of carbonyl (C=O) groups excluding carboxylic acids is 1. The highest BCUT2D eigenvalue weighted by Gasteiger charge is 2.39. The molecule has 0 radical (unpaired) electrons. The van der Waals surface area contributed by atoms with Crippen LogP contribution in [0.4, 0.5) is 13.2 Å². The van der Waals surface area contributed by atoms with E-state index in [0.717, 1.165) is 40.3 Å². The van der Waals surface area contributed by atoms with Crippen molar-refractivity contribution in [2.75, 3.05) is 6.26 Å². The molecule has 0 saturated carbocycles. The standard InChI is InChI=1S/C27H26F3NO3S/c1-16-6-5-7-17(2)25(16)19-8-9-20-14-31(15-21(20)12-19)26(32)23-13-22(35(4)33)10-11-24(23)34-18(3)27(28,29)30/h5-13,18H,14-15H2,1-4H3. The summed E-state index contributed by atoms with van der Waals surface area (Å²) in [6.07, 6.45) is -5.23. The predicted octanol–water partition coefficient (Wildman–Crippen LogP) is 6.19. The van der Waals surface area contributed by atoms with E-state index in [4.69, 9.17) is 4.74 Å². The maximum atomic E-state index is 13.5. The molecule has 0 spiro atoms. The van der Waals surface area contributed by atoms with Crippen LogP contribution in [0.2, 0.25) is 0 Å². The van der Waals surface area contributed by atoms with Crippen molar-refractivity contribution in [2.45, 2.75) is 51.0 Å². The Balaban J connectivity index is 1.65. The summed E-state index contributed by atoms with van der Waals surface area (Å²) in [5.74, 6) is -0.646. The molecule has 0 aliphatic carbocycles. The molecule has 4 nitrogen and oxygen atoms in total. The van der Waals surface area contributed by atoms with Crippen LogP contribution in [0.15, 0.2) is 59.5 Å². The molecule has 0 aromatic heterocycles. The summed E-state index contributed by atoms with van der Waals surface area (Å²) >= 11 is 0. The topological polar surface area (TPSA) is 46.6 Å². The van der Waals surface area contributed by atoms with Gasteiger partial charge < -0.3 is 9.64 Å². The molecule has 2 atom stereocenters. The van der Waals surface area contributed by atoms with Crippen molar-refractivity contribution < 1.29 is 26.9 Å². The van der Waals surface area contributed by atoms with E-state index in [2.05, 4.69) is 32.0 Å². The van der Waals surface area contributed by atoms with E-state index in [1.165, 1.54) is 24.5 Å². The second kappa shape index (κ2) is 9.49. The van der Waals surface area contributed by atoms with Crippen molar-refractivity contribution in [1.82, 2.24) is 4.90 Å². The van der Waals surface area contributed by atoms with Gasteiger partial charge in [0.25, 0.3) is 5.91 Å². The minimum absolute atomic E-state index is 0.0309. The number of rotatable bonds is 5. The lowest BCUT2D eigenvalue weighted by molar-refractivity contribution is -0.189. The molecule has 1 aliphatic rings. The van der Waals surface area contributed by atoms with Crippen molar-refractivity contribution in [3.63, 3.8) is 0 Å². The largest absolute Gasteiger partial charge is 0.480 e. The summed E-state index contributed by atoms with van der Waals surface area (Å²) in [5, 5.41) is 0. The van der Waals surface area contributed by atoms with Gasteiger partial charge in [0.1, 0.15) is 5.75 Å². The van der Waals surface area contributed by atoms with Crippen LogP contribution in [0, 0.1) is 13.8 Å². The number of amides is 1. The molecule has 0 saturated heterocycles. The summed E-state index contributed by atoms with van der Waals surface area (Å²) in [7, 11) is -1.41. The molecule has 0 bridgehead atoms. The number of nitrogens with zero attached hydrogens (tertiary/aromatic N) is 1. The first-order chi connectivity index (χ1) is 16.5. The monoisotopic (exact) mass is 501 g/mol. The zero-order chi connectivity index (χ0) is 25.5. The second-order valence-electron chi connectivity index (χ2n) is 8.83. The number of hydrogen-bond donors (Lipinski definition) is 0. The fourth-order valence-corrected chi connectivity index (χ4v) is 4.89. The van der Waals surface area contributed by atoms with Gasteiger partial charge in [-0.2, -0.15) is 13.2 Å². The summed E-state index contributed by atoms with van der Waals surface area (Å²) in [6.45, 7) is 5.65. The summed E-state index contributed by atoms with van der Waals surface area (Å²) in [6, 6.07) is 16.3. The van der Waals surface area contributed by atoms with E-state index in [-0.39, 0.29) is 11.3 Å². The Kier molecular flexibility index (Phi) is 6.77. The highest BCUT2D eigenvalue weighted by Crippen LogP contribution is 2.34. The molecule has 8 heteroatoms. The van der Waals surface area contributed by atoms with Crippen LogP contribution in [0.1, 0.15) is 39.5 Å². The van der Waals surface area contributed by atoms with Gasteiger partial charge in [0.05, 0.1) is 5.56 Å². The third-order valence-electron chi connectivity index (χ3n) is 6.26. The number of aryl methyl sites for hydroxylation is 2. The highest BCUT2D eigenvalue weighted by atomic mass is 32.2. The van der Waals surface area contributed by atoms with Crippen LogP contribution in [-0.4, -0.2) is 33.6 Å². The Hall–Kier alpha value is -3.13. The molecule has 4 rings (SSSR count). The van der Waals surface area contributed by atoms with Crippen molar-refractivity contribution >= 4 is 16.7 Å². The van der Waals surface area contributed by atoms with E-state index in [1.54, 1.807) is 4.90 Å². The highest BCUT2D eigenvalue weighted by molar-refractivity contribution is 7.84. The third-order valence-corrected chi connectivity index (χ3v) is 7.18. The lowest BCUT2D eigenvalue weighted by Crippen LogP contribution is -2.32. The first kappa shape index (κ1) is 25.0. The predicted molar refractivity (Wildman–Crippen MR) is 130 cm³/mol. The smallest absolute Gasteiger partial charge is 0.425 e. The lowest BCUT2D eigenvalue weighted by Gasteiger charge is -2.22. The van der Waals surface area contributed by atoms with E-state index < -0.39 is 29.0 Å². The van der Waals surface area contributed by atoms with Crippen LogP contribution in [0.25, 0.3) is 11.1 Å². The molecule has 1 aliphatic heterocycles. The van der Waals surface area contributed by atoms with Crippen LogP contribution in [-0.2, 0) is 23.9 Å². The average molecular weight is 502 g/mol. The molecule has 2 unspecified atom stereocenters. The Morgan fingerprint density at radius 3 is 2.29 bits per heavy atom. The number of hydrogen-bond acceptors (Lipinski definition) is 3. The van der Waals surface area contributed by atoms with Crippen LogP contribution >= 0.6 is 0 Å². The van der Waals surface area contributed by atoms with Gasteiger partial charge in [-0.05, 0) is 78.4 Å².